The van der Waals surface area contributed by atoms with Gasteiger partial charge in [0.1, 0.15) is 0 Å². The Bertz CT molecular complexity index is 524. The van der Waals surface area contributed by atoms with E-state index < -0.39 is 6.04 Å². The lowest BCUT2D eigenvalue weighted by Gasteiger charge is -2.32. The van der Waals surface area contributed by atoms with Crippen LogP contribution in [-0.2, 0) is 16.0 Å². The maximum Gasteiger partial charge on any atom is 0.240 e. The molecule has 1 atom stereocenters. The number of hydrogen-bond donors (Lipinski definition) is 2. The number of halogens is 1. The Morgan fingerprint density at radius 1 is 1.52 bits per heavy atom. The van der Waals surface area contributed by atoms with Crippen LogP contribution in [0.5, 0.6) is 0 Å². The molecule has 1 aliphatic heterocycles. The molecule has 2 amide bonds. The molecule has 1 unspecified atom stereocenters. The summed E-state index contributed by atoms with van der Waals surface area (Å²) in [6.07, 6.45) is 4.28. The van der Waals surface area contributed by atoms with Crippen molar-refractivity contribution in [2.45, 2.75) is 18.9 Å². The number of nitrogens with one attached hydrogen (secondary N) is 2. The molecule has 1 aliphatic rings. The van der Waals surface area contributed by atoms with Gasteiger partial charge in [0.2, 0.25) is 11.8 Å². The first-order valence-electron chi connectivity index (χ1n) is 7.50. The zero-order chi connectivity index (χ0) is 15.8. The topological polar surface area (TPSA) is 74.3 Å². The van der Waals surface area contributed by atoms with Gasteiger partial charge in [-0.3, -0.25) is 14.6 Å². The summed E-state index contributed by atoms with van der Waals surface area (Å²) in [7, 11) is 0. The Labute approximate surface area is 142 Å². The minimum atomic E-state index is -0.441. The van der Waals surface area contributed by atoms with Crippen LogP contribution in [0.3, 0.4) is 0 Å². The maximum atomic E-state index is 12.2. The lowest BCUT2D eigenvalue weighted by molar-refractivity contribution is -0.137. The first kappa shape index (κ1) is 19.1. The largest absolute Gasteiger partial charge is 0.356 e. The molecule has 0 radical (unpaired) electrons. The van der Waals surface area contributed by atoms with Crippen LogP contribution in [0.1, 0.15) is 12.1 Å². The Hall–Kier alpha value is -1.92. The van der Waals surface area contributed by atoms with Gasteiger partial charge in [0, 0.05) is 44.5 Å². The molecule has 23 heavy (non-hydrogen) atoms. The average molecular weight is 339 g/mol. The summed E-state index contributed by atoms with van der Waals surface area (Å²) in [5.74, 6) is -0.159. The van der Waals surface area contributed by atoms with Gasteiger partial charge in [0.15, 0.2) is 0 Å². The molecule has 1 fully saturated rings. The minimum Gasteiger partial charge on any atom is -0.356 e. The molecular formula is C16H23ClN4O2. The van der Waals surface area contributed by atoms with Crippen molar-refractivity contribution >= 4 is 24.2 Å². The second kappa shape index (κ2) is 9.97. The summed E-state index contributed by atoms with van der Waals surface area (Å²) >= 11 is 0. The number of hydrogen-bond acceptors (Lipinski definition) is 4. The fourth-order valence-corrected chi connectivity index (χ4v) is 2.42. The lowest BCUT2D eigenvalue weighted by Crippen LogP contribution is -2.56. The van der Waals surface area contributed by atoms with E-state index in [1.54, 1.807) is 17.2 Å². The second-order valence-electron chi connectivity index (χ2n) is 5.20. The van der Waals surface area contributed by atoms with Gasteiger partial charge in [-0.1, -0.05) is 12.1 Å². The molecule has 0 aliphatic carbocycles. The van der Waals surface area contributed by atoms with E-state index in [1.165, 1.54) is 0 Å². The number of carbonyl (C=O) groups excluding carboxylic acids is 2. The van der Waals surface area contributed by atoms with Crippen LogP contribution < -0.4 is 10.6 Å². The molecule has 0 bridgehead atoms. The first-order valence-corrected chi connectivity index (χ1v) is 7.50. The number of pyridine rings is 1. The van der Waals surface area contributed by atoms with E-state index in [0.717, 1.165) is 5.69 Å². The number of rotatable bonds is 7. The number of amides is 2. The fourth-order valence-electron chi connectivity index (χ4n) is 2.42. The van der Waals surface area contributed by atoms with E-state index >= 15 is 0 Å². The first-order chi connectivity index (χ1) is 10.7. The predicted molar refractivity (Wildman–Crippen MR) is 91.4 cm³/mol. The Balaban J connectivity index is 0.00000264. The van der Waals surface area contributed by atoms with Crippen LogP contribution in [0, 0.1) is 0 Å². The molecule has 6 nitrogen and oxygen atoms in total. The highest BCUT2D eigenvalue weighted by atomic mass is 35.5. The van der Waals surface area contributed by atoms with Gasteiger partial charge in [0.25, 0.3) is 0 Å². The van der Waals surface area contributed by atoms with Crippen LogP contribution in [0.15, 0.2) is 37.1 Å². The molecular weight excluding hydrogens is 316 g/mol. The number of nitrogens with zero attached hydrogens (tertiary/aromatic N) is 2. The van der Waals surface area contributed by atoms with E-state index in [-0.39, 0.29) is 30.6 Å². The summed E-state index contributed by atoms with van der Waals surface area (Å²) < 4.78 is 0. The Morgan fingerprint density at radius 2 is 2.35 bits per heavy atom. The van der Waals surface area contributed by atoms with E-state index in [4.69, 9.17) is 0 Å². The third-order valence-corrected chi connectivity index (χ3v) is 3.55. The SMILES string of the molecule is C=CCN1CCNC(CC(=O)NCCc2ccccn2)C1=O.Cl. The summed E-state index contributed by atoms with van der Waals surface area (Å²) in [6, 6.07) is 5.26. The van der Waals surface area contributed by atoms with Crippen molar-refractivity contribution in [3.8, 4) is 0 Å². The van der Waals surface area contributed by atoms with Crippen molar-refractivity contribution in [2.24, 2.45) is 0 Å². The highest BCUT2D eigenvalue weighted by Gasteiger charge is 2.29. The second-order valence-corrected chi connectivity index (χ2v) is 5.20. The van der Waals surface area contributed by atoms with Crippen LogP contribution in [-0.4, -0.2) is 53.9 Å². The summed E-state index contributed by atoms with van der Waals surface area (Å²) in [6.45, 7) is 6.05. The van der Waals surface area contributed by atoms with Gasteiger partial charge in [-0.25, -0.2) is 0 Å². The molecule has 126 valence electrons. The third kappa shape index (κ3) is 6.00. The molecule has 0 saturated carbocycles. The molecule has 2 rings (SSSR count). The van der Waals surface area contributed by atoms with Gasteiger partial charge in [-0.2, -0.15) is 0 Å². The molecule has 2 heterocycles. The Kier molecular flexibility index (Phi) is 8.29. The van der Waals surface area contributed by atoms with Crippen LogP contribution in [0.25, 0.3) is 0 Å². The summed E-state index contributed by atoms with van der Waals surface area (Å²) in [5, 5.41) is 5.93. The molecule has 0 aromatic carbocycles. The van der Waals surface area contributed by atoms with Crippen molar-refractivity contribution in [1.29, 1.82) is 0 Å². The van der Waals surface area contributed by atoms with Gasteiger partial charge < -0.3 is 15.5 Å². The van der Waals surface area contributed by atoms with Crippen LogP contribution in [0.2, 0.25) is 0 Å². The smallest absolute Gasteiger partial charge is 0.240 e. The van der Waals surface area contributed by atoms with E-state index in [1.807, 2.05) is 18.2 Å². The van der Waals surface area contributed by atoms with Crippen molar-refractivity contribution in [2.75, 3.05) is 26.2 Å². The third-order valence-electron chi connectivity index (χ3n) is 3.55. The minimum absolute atomic E-state index is 0. The van der Waals surface area contributed by atoms with Crippen molar-refractivity contribution in [1.82, 2.24) is 20.5 Å². The molecule has 1 saturated heterocycles. The standard InChI is InChI=1S/C16H22N4O2.ClH/c1-2-10-20-11-9-18-14(16(20)22)12-15(21)19-8-6-13-5-3-4-7-17-13;/h2-5,7,14,18H,1,6,8-12H2,(H,19,21);1H. The predicted octanol–water partition coefficient (Wildman–Crippen LogP) is 0.539. The molecule has 2 N–H and O–H groups in total. The normalized spacial score (nSPS) is 17.3. The van der Waals surface area contributed by atoms with E-state index in [9.17, 15) is 9.59 Å². The van der Waals surface area contributed by atoms with Gasteiger partial charge in [-0.05, 0) is 12.1 Å². The van der Waals surface area contributed by atoms with Crippen LogP contribution in [0.4, 0.5) is 0 Å². The van der Waals surface area contributed by atoms with Crippen molar-refractivity contribution < 1.29 is 9.59 Å². The molecule has 7 heteroatoms. The highest BCUT2D eigenvalue weighted by molar-refractivity contribution is 5.89. The summed E-state index contributed by atoms with van der Waals surface area (Å²) in [4.78, 5) is 30.0. The Morgan fingerprint density at radius 3 is 3.04 bits per heavy atom. The highest BCUT2D eigenvalue weighted by Crippen LogP contribution is 2.05. The average Bonchev–Trinajstić information content (AvgIpc) is 2.52. The molecule has 1 aromatic rings. The zero-order valence-electron chi connectivity index (χ0n) is 13.0. The van der Waals surface area contributed by atoms with Crippen molar-refractivity contribution in [3.63, 3.8) is 0 Å². The van der Waals surface area contributed by atoms with Crippen molar-refractivity contribution in [3.05, 3.63) is 42.7 Å². The van der Waals surface area contributed by atoms with Gasteiger partial charge in [-0.15, -0.1) is 19.0 Å². The van der Waals surface area contributed by atoms with Crippen LogP contribution >= 0.6 is 12.4 Å². The monoisotopic (exact) mass is 338 g/mol. The van der Waals surface area contributed by atoms with E-state index in [2.05, 4.69) is 22.2 Å². The number of piperazine rings is 1. The fraction of sp³-hybridized carbons (Fsp3) is 0.438. The molecule has 1 aromatic heterocycles. The lowest BCUT2D eigenvalue weighted by atomic mass is 10.1. The molecule has 0 spiro atoms. The number of carbonyl (C=O) groups is 2. The zero-order valence-corrected chi connectivity index (χ0v) is 13.8. The summed E-state index contributed by atoms with van der Waals surface area (Å²) in [5.41, 5.74) is 0.937. The quantitative estimate of drug-likeness (QED) is 0.712. The van der Waals surface area contributed by atoms with Gasteiger partial charge in [0.05, 0.1) is 12.5 Å². The number of aromatic nitrogens is 1. The maximum absolute atomic E-state index is 12.2. The van der Waals surface area contributed by atoms with E-state index in [0.29, 0.717) is 32.6 Å². The van der Waals surface area contributed by atoms with Gasteiger partial charge >= 0.3 is 0 Å².